The lowest BCUT2D eigenvalue weighted by atomic mass is 10.2. The van der Waals surface area contributed by atoms with Crippen LogP contribution >= 0.6 is 0 Å². The van der Waals surface area contributed by atoms with Crippen LogP contribution < -0.4 is 10.0 Å². The molecule has 0 aliphatic heterocycles. The van der Waals surface area contributed by atoms with Crippen LogP contribution in [0, 0.1) is 0 Å². The molecule has 9 heteroatoms. The zero-order valence-corrected chi connectivity index (χ0v) is 14.1. The zero-order chi connectivity index (χ0) is 17.6. The predicted molar refractivity (Wildman–Crippen MR) is 89.0 cm³/mol. The van der Waals surface area contributed by atoms with Crippen LogP contribution in [0.5, 0.6) is 0 Å². The van der Waals surface area contributed by atoms with Crippen molar-refractivity contribution in [3.8, 4) is 0 Å². The van der Waals surface area contributed by atoms with Gasteiger partial charge in [-0.3, -0.25) is 4.79 Å². The highest BCUT2D eigenvalue weighted by molar-refractivity contribution is 7.92. The van der Waals surface area contributed by atoms with Crippen molar-refractivity contribution in [1.82, 2.24) is 9.97 Å². The summed E-state index contributed by atoms with van der Waals surface area (Å²) < 4.78 is 31.8. The Hall–Kier alpha value is -2.52. The van der Waals surface area contributed by atoms with Crippen molar-refractivity contribution in [3.63, 3.8) is 0 Å². The molecule has 0 bridgehead atoms. The molecular formula is C15H18N4O4S. The third-order valence-electron chi connectivity index (χ3n) is 3.17. The van der Waals surface area contributed by atoms with Crippen LogP contribution in [-0.2, 0) is 19.6 Å². The number of methoxy groups -OCH3 is 1. The molecule has 0 radical (unpaired) electrons. The molecule has 0 aliphatic rings. The lowest BCUT2D eigenvalue weighted by Gasteiger charge is -2.13. The number of rotatable bonds is 7. The number of benzene rings is 1. The Morgan fingerprint density at radius 3 is 2.38 bits per heavy atom. The molecule has 2 rings (SSSR count). The van der Waals surface area contributed by atoms with Gasteiger partial charge in [-0.1, -0.05) is 6.92 Å². The van der Waals surface area contributed by atoms with E-state index in [2.05, 4.69) is 20.0 Å². The molecule has 1 aromatic heterocycles. The van der Waals surface area contributed by atoms with E-state index in [4.69, 9.17) is 4.74 Å². The number of ether oxygens (including phenoxy) is 1. The topological polar surface area (TPSA) is 110 Å². The fraction of sp³-hybridized carbons (Fsp3) is 0.267. The maximum atomic E-state index is 12.2. The van der Waals surface area contributed by atoms with Crippen LogP contribution in [0.15, 0.2) is 47.6 Å². The van der Waals surface area contributed by atoms with Crippen LogP contribution in [0.3, 0.4) is 0 Å². The molecule has 0 aliphatic carbocycles. The van der Waals surface area contributed by atoms with Gasteiger partial charge in [0.2, 0.25) is 5.95 Å². The number of hydrogen-bond acceptors (Lipinski definition) is 6. The summed E-state index contributed by atoms with van der Waals surface area (Å²) in [6.07, 6.45) is 2.85. The summed E-state index contributed by atoms with van der Waals surface area (Å²) in [5.74, 6) is -0.299. The lowest BCUT2D eigenvalue weighted by molar-refractivity contribution is -0.125. The largest absolute Gasteiger partial charge is 0.372 e. The molecule has 0 fully saturated rings. The quantitative estimate of drug-likeness (QED) is 0.785. The second-order valence-corrected chi connectivity index (χ2v) is 6.51. The molecule has 1 unspecified atom stereocenters. The third kappa shape index (κ3) is 4.49. The highest BCUT2D eigenvalue weighted by Crippen LogP contribution is 2.16. The summed E-state index contributed by atoms with van der Waals surface area (Å²) in [5, 5.41) is 2.67. The van der Waals surface area contributed by atoms with Gasteiger partial charge in [-0.25, -0.2) is 23.1 Å². The first-order valence-corrected chi connectivity index (χ1v) is 8.68. The predicted octanol–water partition coefficient (Wildman–Crippen LogP) is 1.64. The summed E-state index contributed by atoms with van der Waals surface area (Å²) in [4.78, 5) is 19.6. The Morgan fingerprint density at radius 2 is 1.83 bits per heavy atom. The Kier molecular flexibility index (Phi) is 5.83. The van der Waals surface area contributed by atoms with E-state index in [-0.39, 0.29) is 16.8 Å². The molecule has 1 aromatic carbocycles. The molecular weight excluding hydrogens is 332 g/mol. The number of anilines is 2. The van der Waals surface area contributed by atoms with Gasteiger partial charge in [0.25, 0.3) is 15.9 Å². The number of carbonyl (C=O) groups excluding carboxylic acids is 1. The lowest BCUT2D eigenvalue weighted by Crippen LogP contribution is -2.28. The van der Waals surface area contributed by atoms with Gasteiger partial charge in [0.05, 0.1) is 4.90 Å². The van der Waals surface area contributed by atoms with Gasteiger partial charge in [-0.15, -0.1) is 0 Å². The molecule has 0 saturated heterocycles. The first-order valence-electron chi connectivity index (χ1n) is 7.20. The van der Waals surface area contributed by atoms with E-state index in [0.717, 1.165) is 0 Å². The molecule has 2 N–H and O–H groups in total. The minimum atomic E-state index is -3.80. The van der Waals surface area contributed by atoms with Gasteiger partial charge >= 0.3 is 0 Å². The molecule has 1 atom stereocenters. The Labute approximate surface area is 140 Å². The van der Waals surface area contributed by atoms with Crippen molar-refractivity contribution < 1.29 is 17.9 Å². The SMILES string of the molecule is CCC(OC)C(=O)Nc1ccc(S(=O)(=O)Nc2ncccn2)cc1. The van der Waals surface area contributed by atoms with Crippen molar-refractivity contribution in [3.05, 3.63) is 42.7 Å². The zero-order valence-electron chi connectivity index (χ0n) is 13.3. The number of hydrogen-bond donors (Lipinski definition) is 2. The summed E-state index contributed by atoms with van der Waals surface area (Å²) in [5.41, 5.74) is 0.477. The Morgan fingerprint density at radius 1 is 1.21 bits per heavy atom. The number of carbonyl (C=O) groups is 1. The minimum absolute atomic E-state index is 0.0132. The highest BCUT2D eigenvalue weighted by Gasteiger charge is 2.17. The molecule has 128 valence electrons. The van der Waals surface area contributed by atoms with E-state index in [1.807, 2.05) is 6.92 Å². The van der Waals surface area contributed by atoms with Crippen LogP contribution in [0.4, 0.5) is 11.6 Å². The number of nitrogens with one attached hydrogen (secondary N) is 2. The fourth-order valence-electron chi connectivity index (χ4n) is 1.93. The average molecular weight is 350 g/mol. The second-order valence-electron chi connectivity index (χ2n) is 4.82. The fourth-order valence-corrected chi connectivity index (χ4v) is 2.89. The molecule has 1 heterocycles. The van der Waals surface area contributed by atoms with E-state index < -0.39 is 16.1 Å². The normalized spacial score (nSPS) is 12.4. The van der Waals surface area contributed by atoms with E-state index >= 15 is 0 Å². The highest BCUT2D eigenvalue weighted by atomic mass is 32.2. The monoisotopic (exact) mass is 350 g/mol. The first kappa shape index (κ1) is 17.8. The Balaban J connectivity index is 2.10. The smallest absolute Gasteiger partial charge is 0.264 e. The van der Waals surface area contributed by atoms with Crippen LogP contribution in [0.2, 0.25) is 0 Å². The first-order chi connectivity index (χ1) is 11.5. The van der Waals surface area contributed by atoms with Gasteiger partial charge in [-0.05, 0) is 36.8 Å². The number of amides is 1. The van der Waals surface area contributed by atoms with Crippen molar-refractivity contribution in [2.24, 2.45) is 0 Å². The van der Waals surface area contributed by atoms with Crippen LogP contribution in [0.1, 0.15) is 13.3 Å². The Bertz CT molecular complexity index is 775. The summed E-state index contributed by atoms with van der Waals surface area (Å²) in [6.45, 7) is 1.83. The molecule has 1 amide bonds. The maximum absolute atomic E-state index is 12.2. The van der Waals surface area contributed by atoms with Gasteiger partial charge in [-0.2, -0.15) is 0 Å². The van der Waals surface area contributed by atoms with Crippen LogP contribution in [-0.4, -0.2) is 37.5 Å². The number of aromatic nitrogens is 2. The van der Waals surface area contributed by atoms with E-state index in [1.165, 1.54) is 43.8 Å². The molecule has 2 aromatic rings. The van der Waals surface area contributed by atoms with Crippen molar-refractivity contribution in [2.75, 3.05) is 17.1 Å². The van der Waals surface area contributed by atoms with Gasteiger partial charge in [0, 0.05) is 25.2 Å². The van der Waals surface area contributed by atoms with Gasteiger partial charge in [0.1, 0.15) is 6.10 Å². The molecule has 24 heavy (non-hydrogen) atoms. The van der Waals surface area contributed by atoms with Crippen molar-refractivity contribution in [2.45, 2.75) is 24.3 Å². The van der Waals surface area contributed by atoms with Crippen LogP contribution in [0.25, 0.3) is 0 Å². The van der Waals surface area contributed by atoms with E-state index in [0.29, 0.717) is 12.1 Å². The number of nitrogens with zero attached hydrogens (tertiary/aromatic N) is 2. The standard InChI is InChI=1S/C15H18N4O4S/c1-3-13(23-2)14(20)18-11-5-7-12(8-6-11)24(21,22)19-15-16-9-4-10-17-15/h4-10,13H,3H2,1-2H3,(H,18,20)(H,16,17,19). The summed E-state index contributed by atoms with van der Waals surface area (Å²) >= 11 is 0. The molecule has 0 saturated carbocycles. The maximum Gasteiger partial charge on any atom is 0.264 e. The minimum Gasteiger partial charge on any atom is -0.372 e. The molecule has 0 spiro atoms. The third-order valence-corrected chi connectivity index (χ3v) is 4.52. The van der Waals surface area contributed by atoms with Crippen molar-refractivity contribution in [1.29, 1.82) is 0 Å². The summed E-state index contributed by atoms with van der Waals surface area (Å²) in [6, 6.07) is 7.35. The average Bonchev–Trinajstić information content (AvgIpc) is 2.57. The second kappa shape index (κ2) is 7.84. The summed E-state index contributed by atoms with van der Waals surface area (Å²) in [7, 11) is -2.34. The van der Waals surface area contributed by atoms with E-state index in [9.17, 15) is 13.2 Å². The van der Waals surface area contributed by atoms with E-state index in [1.54, 1.807) is 6.07 Å². The number of sulfonamides is 1. The van der Waals surface area contributed by atoms with Crippen molar-refractivity contribution >= 4 is 27.6 Å². The molecule has 8 nitrogen and oxygen atoms in total. The van der Waals surface area contributed by atoms with Gasteiger partial charge in [0.15, 0.2) is 0 Å². The van der Waals surface area contributed by atoms with Gasteiger partial charge < -0.3 is 10.1 Å².